The molecule has 0 aliphatic carbocycles. The topological polar surface area (TPSA) is 77.2 Å². The summed E-state index contributed by atoms with van der Waals surface area (Å²) in [5.41, 5.74) is 2.64. The van der Waals surface area contributed by atoms with E-state index >= 15 is 0 Å². The van der Waals surface area contributed by atoms with Gasteiger partial charge in [0.25, 0.3) is 11.8 Å². The van der Waals surface area contributed by atoms with Gasteiger partial charge in [0.05, 0.1) is 6.04 Å². The third-order valence-corrected chi connectivity index (χ3v) is 4.59. The second kappa shape index (κ2) is 9.05. The Labute approximate surface area is 174 Å². The Bertz CT molecular complexity index is 1110. The summed E-state index contributed by atoms with van der Waals surface area (Å²) < 4.78 is 11.0. The molecule has 4 aromatic rings. The fourth-order valence-corrected chi connectivity index (χ4v) is 3.02. The molecule has 6 heteroatoms. The van der Waals surface area contributed by atoms with Crippen molar-refractivity contribution in [1.29, 1.82) is 0 Å². The molecule has 1 atom stereocenters. The summed E-state index contributed by atoms with van der Waals surface area (Å²) in [7, 11) is 0. The molecular formula is C24H21N3O3. The Hall–Kier alpha value is -3.93. The average molecular weight is 399 g/mol. The first-order valence-electron chi connectivity index (χ1n) is 9.66. The molecule has 0 saturated heterocycles. The minimum absolute atomic E-state index is 0.0836. The van der Waals surface area contributed by atoms with Gasteiger partial charge in [0.15, 0.2) is 6.61 Å². The van der Waals surface area contributed by atoms with Gasteiger partial charge in [-0.1, -0.05) is 71.9 Å². The first kappa shape index (κ1) is 19.4. The van der Waals surface area contributed by atoms with Gasteiger partial charge in [0, 0.05) is 11.1 Å². The van der Waals surface area contributed by atoms with E-state index in [9.17, 15) is 4.79 Å². The molecule has 3 aromatic carbocycles. The van der Waals surface area contributed by atoms with E-state index in [0.29, 0.717) is 17.5 Å². The quantitative estimate of drug-likeness (QED) is 0.489. The predicted molar refractivity (Wildman–Crippen MR) is 114 cm³/mol. The maximum absolute atomic E-state index is 12.2. The van der Waals surface area contributed by atoms with Crippen molar-refractivity contribution >= 4 is 5.91 Å². The second-order valence-corrected chi connectivity index (χ2v) is 6.81. The van der Waals surface area contributed by atoms with Crippen molar-refractivity contribution in [2.75, 3.05) is 6.61 Å². The Morgan fingerprint density at radius 1 is 0.967 bits per heavy atom. The molecule has 1 heterocycles. The van der Waals surface area contributed by atoms with E-state index in [1.165, 1.54) is 0 Å². The third-order valence-electron chi connectivity index (χ3n) is 4.59. The lowest BCUT2D eigenvalue weighted by Crippen LogP contribution is -2.31. The van der Waals surface area contributed by atoms with E-state index in [1.54, 1.807) is 12.1 Å². The monoisotopic (exact) mass is 399 g/mol. The van der Waals surface area contributed by atoms with Gasteiger partial charge in [-0.25, -0.2) is 0 Å². The van der Waals surface area contributed by atoms with Crippen molar-refractivity contribution in [1.82, 2.24) is 15.5 Å². The number of amides is 1. The highest BCUT2D eigenvalue weighted by Gasteiger charge is 2.13. The van der Waals surface area contributed by atoms with Gasteiger partial charge in [-0.15, -0.1) is 0 Å². The van der Waals surface area contributed by atoms with Crippen LogP contribution in [0, 0.1) is 0 Å². The highest BCUT2D eigenvalue weighted by atomic mass is 16.5. The lowest BCUT2D eigenvalue weighted by atomic mass is 10.1. The Morgan fingerprint density at radius 2 is 1.67 bits per heavy atom. The molecule has 0 fully saturated rings. The summed E-state index contributed by atoms with van der Waals surface area (Å²) in [6.45, 7) is 1.85. The zero-order valence-electron chi connectivity index (χ0n) is 16.5. The number of carbonyl (C=O) groups excluding carboxylic acids is 1. The van der Waals surface area contributed by atoms with Crippen LogP contribution < -0.4 is 10.1 Å². The van der Waals surface area contributed by atoms with Crippen molar-refractivity contribution in [3.05, 3.63) is 90.5 Å². The molecule has 0 bridgehead atoms. The summed E-state index contributed by atoms with van der Waals surface area (Å²) in [5.74, 6) is 1.27. The molecule has 4 rings (SSSR count). The highest BCUT2D eigenvalue weighted by Crippen LogP contribution is 2.25. The number of nitrogens with one attached hydrogen (secondary N) is 1. The fraction of sp³-hybridized carbons (Fsp3) is 0.125. The maximum atomic E-state index is 12.2. The molecule has 0 aliphatic rings. The summed E-state index contributed by atoms with van der Waals surface area (Å²) in [5, 5.41) is 6.97. The van der Waals surface area contributed by atoms with E-state index in [2.05, 4.69) is 15.5 Å². The summed E-state index contributed by atoms with van der Waals surface area (Å²) in [4.78, 5) is 16.7. The van der Waals surface area contributed by atoms with Crippen molar-refractivity contribution in [3.63, 3.8) is 0 Å². The van der Waals surface area contributed by atoms with Crippen LogP contribution in [0.5, 0.6) is 5.75 Å². The molecule has 0 unspecified atom stereocenters. The largest absolute Gasteiger partial charge is 0.484 e. The SMILES string of the molecule is C[C@H](NC(=O)COc1cccc(-c2nc(-c3ccccc3)no2)c1)c1ccccc1. The van der Waals surface area contributed by atoms with Crippen LogP contribution in [0.3, 0.4) is 0 Å². The molecule has 0 aliphatic heterocycles. The van der Waals surface area contributed by atoms with Crippen LogP contribution in [0.2, 0.25) is 0 Å². The van der Waals surface area contributed by atoms with E-state index in [0.717, 1.165) is 16.7 Å². The Morgan fingerprint density at radius 3 is 2.43 bits per heavy atom. The molecule has 0 saturated carbocycles. The van der Waals surface area contributed by atoms with Crippen molar-refractivity contribution in [2.24, 2.45) is 0 Å². The van der Waals surface area contributed by atoms with Crippen molar-refractivity contribution < 1.29 is 14.1 Å². The van der Waals surface area contributed by atoms with E-state index in [4.69, 9.17) is 9.26 Å². The number of benzene rings is 3. The molecule has 6 nitrogen and oxygen atoms in total. The minimum Gasteiger partial charge on any atom is -0.484 e. The van der Waals surface area contributed by atoms with Gasteiger partial charge in [-0.05, 0) is 30.7 Å². The average Bonchev–Trinajstić information content (AvgIpc) is 3.30. The van der Waals surface area contributed by atoms with E-state index in [-0.39, 0.29) is 18.6 Å². The van der Waals surface area contributed by atoms with Gasteiger partial charge in [-0.3, -0.25) is 4.79 Å². The fourth-order valence-electron chi connectivity index (χ4n) is 3.02. The lowest BCUT2D eigenvalue weighted by Gasteiger charge is -2.14. The second-order valence-electron chi connectivity index (χ2n) is 6.81. The van der Waals surface area contributed by atoms with Gasteiger partial charge in [-0.2, -0.15) is 4.98 Å². The number of hydrogen-bond acceptors (Lipinski definition) is 5. The normalized spacial score (nSPS) is 11.6. The minimum atomic E-state index is -0.194. The standard InChI is InChI=1S/C24H21N3O3/c1-17(18-9-4-2-5-10-18)25-22(28)16-29-21-14-8-13-20(15-21)24-26-23(27-30-24)19-11-6-3-7-12-19/h2-15,17H,16H2,1H3,(H,25,28)/t17-/m0/s1. The maximum Gasteiger partial charge on any atom is 0.258 e. The smallest absolute Gasteiger partial charge is 0.258 e. The third kappa shape index (κ3) is 4.72. The van der Waals surface area contributed by atoms with Crippen molar-refractivity contribution in [3.8, 4) is 28.6 Å². The molecular weight excluding hydrogens is 378 g/mol. The van der Waals surface area contributed by atoms with Gasteiger partial charge in [0.1, 0.15) is 5.75 Å². The molecule has 0 spiro atoms. The van der Waals surface area contributed by atoms with Crippen LogP contribution in [0.25, 0.3) is 22.8 Å². The van der Waals surface area contributed by atoms with Crippen LogP contribution in [0.1, 0.15) is 18.5 Å². The molecule has 0 radical (unpaired) electrons. The van der Waals surface area contributed by atoms with Crippen LogP contribution in [0.15, 0.2) is 89.5 Å². The summed E-state index contributed by atoms with van der Waals surface area (Å²) in [6.07, 6.45) is 0. The van der Waals surface area contributed by atoms with Gasteiger partial charge >= 0.3 is 0 Å². The van der Waals surface area contributed by atoms with Gasteiger partial charge < -0.3 is 14.6 Å². The summed E-state index contributed by atoms with van der Waals surface area (Å²) >= 11 is 0. The molecule has 1 N–H and O–H groups in total. The van der Waals surface area contributed by atoms with Crippen LogP contribution in [-0.2, 0) is 4.79 Å². The number of nitrogens with zero attached hydrogens (tertiary/aromatic N) is 2. The molecule has 1 amide bonds. The molecule has 150 valence electrons. The van der Waals surface area contributed by atoms with Crippen LogP contribution in [-0.4, -0.2) is 22.7 Å². The van der Waals surface area contributed by atoms with E-state index < -0.39 is 0 Å². The number of aromatic nitrogens is 2. The molecule has 30 heavy (non-hydrogen) atoms. The number of rotatable bonds is 7. The number of hydrogen-bond donors (Lipinski definition) is 1. The predicted octanol–water partition coefficient (Wildman–Crippen LogP) is 4.66. The Balaban J connectivity index is 1.38. The van der Waals surface area contributed by atoms with E-state index in [1.807, 2.05) is 79.7 Å². The molecule has 1 aromatic heterocycles. The Kier molecular flexibility index (Phi) is 5.85. The highest BCUT2D eigenvalue weighted by molar-refractivity contribution is 5.78. The van der Waals surface area contributed by atoms with Crippen LogP contribution in [0.4, 0.5) is 0 Å². The zero-order chi connectivity index (χ0) is 20.8. The number of ether oxygens (including phenoxy) is 1. The lowest BCUT2D eigenvalue weighted by molar-refractivity contribution is -0.123. The van der Waals surface area contributed by atoms with Crippen LogP contribution >= 0.6 is 0 Å². The number of carbonyl (C=O) groups is 1. The summed E-state index contributed by atoms with van der Waals surface area (Å²) in [6, 6.07) is 26.5. The first-order chi connectivity index (χ1) is 14.7. The zero-order valence-corrected chi connectivity index (χ0v) is 16.5. The first-order valence-corrected chi connectivity index (χ1v) is 9.66. The van der Waals surface area contributed by atoms with Crippen molar-refractivity contribution in [2.45, 2.75) is 13.0 Å². The van der Waals surface area contributed by atoms with Gasteiger partial charge in [0.2, 0.25) is 5.82 Å².